The molecule has 0 saturated carbocycles. The van der Waals surface area contributed by atoms with Gasteiger partial charge in [0.15, 0.2) is 0 Å². The number of benzene rings is 4. The number of carboxylic acid groups (broad SMARTS) is 1. The van der Waals surface area contributed by atoms with Crippen molar-refractivity contribution in [1.82, 2.24) is 10.6 Å². The van der Waals surface area contributed by atoms with Gasteiger partial charge in [-0.3, -0.25) is 4.79 Å². The predicted octanol–water partition coefficient (Wildman–Crippen LogP) is 7.14. The summed E-state index contributed by atoms with van der Waals surface area (Å²) >= 11 is 7.89. The SMILES string of the molecule is Cc1cc(Cl)ccc1SC[C@@H]1CNC[C@@H](CCc2ccccc2NC(=O)[C@@H](NC(=O)O)C(c2ccccc2)c2ccccc2)O1. The number of halogens is 1. The van der Waals surface area contributed by atoms with Gasteiger partial charge >= 0.3 is 6.09 Å². The molecule has 1 heterocycles. The third-order valence-corrected chi connectivity index (χ3v) is 9.46. The molecule has 1 aliphatic heterocycles. The average Bonchev–Trinajstić information content (AvgIpc) is 3.05. The standard InChI is InChI=1S/C36H38ClN3O4S/c1-24-20-28(37)17-19-32(24)45-23-30-22-38-21-29(44-30)18-16-25-10-8-9-15-31(25)39-35(41)34(40-36(42)43)33(26-11-4-2-5-12-26)27-13-6-3-7-14-27/h2-15,17,19-20,29-30,33-34,38,40H,16,18,21-23H2,1H3,(H,39,41)(H,42,43)/t29-,30+,34+/m1/s1. The van der Waals surface area contributed by atoms with Crippen molar-refractivity contribution < 1.29 is 19.4 Å². The van der Waals surface area contributed by atoms with Crippen molar-refractivity contribution in [2.75, 3.05) is 24.2 Å². The second kappa shape index (κ2) is 16.0. The van der Waals surface area contributed by atoms with Crippen LogP contribution in [0.3, 0.4) is 0 Å². The molecule has 0 aliphatic carbocycles. The number of hydrogen-bond donors (Lipinski definition) is 4. The number of aryl methyl sites for hydroxylation is 2. The van der Waals surface area contributed by atoms with Crippen molar-refractivity contribution in [2.24, 2.45) is 0 Å². The Hall–Kier alpha value is -3.82. The zero-order valence-corrected chi connectivity index (χ0v) is 26.7. The summed E-state index contributed by atoms with van der Waals surface area (Å²) in [5.74, 6) is -0.114. The van der Waals surface area contributed by atoms with E-state index in [1.807, 2.05) is 97.1 Å². The minimum Gasteiger partial charge on any atom is -0.465 e. The molecule has 0 radical (unpaired) electrons. The summed E-state index contributed by atoms with van der Waals surface area (Å²) < 4.78 is 6.45. The van der Waals surface area contributed by atoms with Gasteiger partial charge in [-0.15, -0.1) is 11.8 Å². The fourth-order valence-electron chi connectivity index (χ4n) is 5.72. The number of ether oxygens (including phenoxy) is 1. The number of anilines is 1. The first-order valence-corrected chi connectivity index (χ1v) is 16.5. The third-order valence-electron chi connectivity index (χ3n) is 7.91. The molecule has 4 aromatic rings. The Kier molecular flexibility index (Phi) is 11.5. The van der Waals surface area contributed by atoms with Crippen molar-refractivity contribution in [1.29, 1.82) is 0 Å². The summed E-state index contributed by atoms with van der Waals surface area (Å²) in [6, 6.07) is 31.6. The highest BCUT2D eigenvalue weighted by molar-refractivity contribution is 7.99. The summed E-state index contributed by atoms with van der Waals surface area (Å²) in [5.41, 5.74) is 4.46. The van der Waals surface area contributed by atoms with Crippen LogP contribution in [-0.4, -0.2) is 54.2 Å². The number of amides is 2. The van der Waals surface area contributed by atoms with Gasteiger partial charge in [0, 0.05) is 40.4 Å². The molecular formula is C36H38ClN3O4S. The van der Waals surface area contributed by atoms with Crippen LogP contribution in [0, 0.1) is 6.92 Å². The van der Waals surface area contributed by atoms with Crippen molar-refractivity contribution >= 4 is 41.1 Å². The molecule has 9 heteroatoms. The van der Waals surface area contributed by atoms with Crippen molar-refractivity contribution in [3.63, 3.8) is 0 Å². The van der Waals surface area contributed by atoms with Gasteiger partial charge in [0.2, 0.25) is 5.91 Å². The normalized spacial score (nSPS) is 17.0. The Bertz CT molecular complexity index is 1530. The van der Waals surface area contributed by atoms with Crippen LogP contribution in [-0.2, 0) is 16.0 Å². The second-order valence-electron chi connectivity index (χ2n) is 11.2. The molecule has 4 N–H and O–H groups in total. The molecule has 0 spiro atoms. The van der Waals surface area contributed by atoms with Crippen LogP contribution < -0.4 is 16.0 Å². The van der Waals surface area contributed by atoms with Crippen LogP contribution in [0.15, 0.2) is 108 Å². The highest BCUT2D eigenvalue weighted by atomic mass is 35.5. The maximum Gasteiger partial charge on any atom is 0.405 e. The van der Waals surface area contributed by atoms with E-state index in [9.17, 15) is 14.7 Å². The largest absolute Gasteiger partial charge is 0.465 e. The number of carbonyl (C=O) groups is 2. The average molecular weight is 644 g/mol. The summed E-state index contributed by atoms with van der Waals surface area (Å²) in [5, 5.41) is 19.6. The summed E-state index contributed by atoms with van der Waals surface area (Å²) in [7, 11) is 0. The number of hydrogen-bond acceptors (Lipinski definition) is 5. The Morgan fingerprint density at radius 2 is 1.58 bits per heavy atom. The van der Waals surface area contributed by atoms with Crippen LogP contribution in [0.2, 0.25) is 5.02 Å². The fraction of sp³-hybridized carbons (Fsp3) is 0.278. The van der Waals surface area contributed by atoms with Crippen molar-refractivity contribution in [3.8, 4) is 0 Å². The first-order chi connectivity index (χ1) is 21.9. The summed E-state index contributed by atoms with van der Waals surface area (Å²) in [4.78, 5) is 27.0. The van der Waals surface area contributed by atoms with E-state index < -0.39 is 24.0 Å². The molecule has 5 rings (SSSR count). The molecule has 7 nitrogen and oxygen atoms in total. The molecule has 0 aromatic heterocycles. The van der Waals surface area contributed by atoms with Gasteiger partial charge in [-0.2, -0.15) is 0 Å². The van der Waals surface area contributed by atoms with Gasteiger partial charge in [-0.1, -0.05) is 90.5 Å². The number of carbonyl (C=O) groups excluding carboxylic acids is 1. The Morgan fingerprint density at radius 3 is 2.24 bits per heavy atom. The molecule has 1 fully saturated rings. The molecule has 0 unspecified atom stereocenters. The molecule has 4 aromatic carbocycles. The molecular weight excluding hydrogens is 606 g/mol. The molecule has 1 saturated heterocycles. The highest BCUT2D eigenvalue weighted by Gasteiger charge is 2.33. The number of rotatable bonds is 12. The van der Waals surface area contributed by atoms with Crippen LogP contribution in [0.5, 0.6) is 0 Å². The monoisotopic (exact) mass is 643 g/mol. The lowest BCUT2D eigenvalue weighted by atomic mass is 9.84. The first kappa shape index (κ1) is 32.6. The van der Waals surface area contributed by atoms with Gasteiger partial charge < -0.3 is 25.8 Å². The van der Waals surface area contributed by atoms with E-state index in [-0.39, 0.29) is 12.2 Å². The predicted molar refractivity (Wildman–Crippen MR) is 182 cm³/mol. The number of nitrogens with one attached hydrogen (secondary N) is 3. The zero-order chi connectivity index (χ0) is 31.6. The first-order valence-electron chi connectivity index (χ1n) is 15.1. The lowest BCUT2D eigenvalue weighted by Crippen LogP contribution is -2.47. The number of morpholine rings is 1. The van der Waals surface area contributed by atoms with Gasteiger partial charge in [0.25, 0.3) is 0 Å². The van der Waals surface area contributed by atoms with Crippen LogP contribution >= 0.6 is 23.4 Å². The van der Waals surface area contributed by atoms with E-state index in [2.05, 4.69) is 28.9 Å². The van der Waals surface area contributed by atoms with Gasteiger partial charge in [0.1, 0.15) is 6.04 Å². The van der Waals surface area contributed by atoms with E-state index in [0.717, 1.165) is 52.5 Å². The van der Waals surface area contributed by atoms with Gasteiger partial charge in [-0.25, -0.2) is 4.79 Å². The third kappa shape index (κ3) is 9.11. The second-order valence-corrected chi connectivity index (χ2v) is 12.7. The van der Waals surface area contributed by atoms with Crippen LogP contribution in [0.4, 0.5) is 10.5 Å². The van der Waals surface area contributed by atoms with Crippen molar-refractivity contribution in [2.45, 2.75) is 48.8 Å². The minimum absolute atomic E-state index is 0.0291. The lowest BCUT2D eigenvalue weighted by molar-refractivity contribution is -0.118. The Balaban J connectivity index is 1.26. The molecule has 0 bridgehead atoms. The topological polar surface area (TPSA) is 99.7 Å². The van der Waals surface area contributed by atoms with Crippen LogP contribution in [0.1, 0.15) is 34.6 Å². The number of para-hydroxylation sites is 1. The van der Waals surface area contributed by atoms with E-state index in [4.69, 9.17) is 16.3 Å². The summed E-state index contributed by atoms with van der Waals surface area (Å²) in [6.07, 6.45) is 0.308. The quantitative estimate of drug-likeness (QED) is 0.123. The van der Waals surface area contributed by atoms with E-state index >= 15 is 0 Å². The van der Waals surface area contributed by atoms with E-state index in [1.165, 1.54) is 4.90 Å². The van der Waals surface area contributed by atoms with E-state index in [0.29, 0.717) is 12.1 Å². The molecule has 1 aliphatic rings. The molecule has 2 amide bonds. The van der Waals surface area contributed by atoms with Crippen molar-refractivity contribution in [3.05, 3.63) is 130 Å². The van der Waals surface area contributed by atoms with Gasteiger partial charge in [0.05, 0.1) is 12.2 Å². The lowest BCUT2D eigenvalue weighted by Gasteiger charge is -2.31. The van der Waals surface area contributed by atoms with Crippen LogP contribution in [0.25, 0.3) is 0 Å². The van der Waals surface area contributed by atoms with E-state index in [1.54, 1.807) is 11.8 Å². The van der Waals surface area contributed by atoms with Gasteiger partial charge in [-0.05, 0) is 66.3 Å². The summed E-state index contributed by atoms with van der Waals surface area (Å²) in [6.45, 7) is 3.62. The molecule has 234 valence electrons. The minimum atomic E-state index is -1.26. The highest BCUT2D eigenvalue weighted by Crippen LogP contribution is 2.30. The zero-order valence-electron chi connectivity index (χ0n) is 25.1. The molecule has 3 atom stereocenters. The smallest absolute Gasteiger partial charge is 0.405 e. The maximum atomic E-state index is 13.9. The Labute approximate surface area is 273 Å². The fourth-order valence-corrected chi connectivity index (χ4v) is 6.96. The number of thioether (sulfide) groups is 1. The maximum absolute atomic E-state index is 13.9. The molecule has 45 heavy (non-hydrogen) atoms. The Morgan fingerprint density at radius 1 is 0.933 bits per heavy atom.